The molecule has 0 spiro atoms. The number of anilines is 3. The van der Waals surface area contributed by atoms with E-state index in [9.17, 15) is 4.39 Å². The van der Waals surface area contributed by atoms with Crippen LogP contribution in [0.4, 0.5) is 21.7 Å². The normalized spacial score (nSPS) is 15.6. The second-order valence-corrected chi connectivity index (χ2v) is 4.49. The zero-order chi connectivity index (χ0) is 13.9. The third kappa shape index (κ3) is 2.54. The van der Waals surface area contributed by atoms with Gasteiger partial charge in [0.15, 0.2) is 0 Å². The van der Waals surface area contributed by atoms with Crippen molar-refractivity contribution in [3.05, 3.63) is 47.8 Å². The zero-order valence-electron chi connectivity index (χ0n) is 10.7. The molecule has 0 saturated carbocycles. The number of fused-ring (bicyclic) bond motifs is 1. The van der Waals surface area contributed by atoms with Gasteiger partial charge in [-0.25, -0.2) is 9.37 Å². The van der Waals surface area contributed by atoms with Crippen LogP contribution in [-0.2, 0) is 0 Å². The van der Waals surface area contributed by atoms with Gasteiger partial charge in [-0.05, 0) is 36.4 Å². The molecule has 1 aromatic carbocycles. The van der Waals surface area contributed by atoms with Crippen molar-refractivity contribution in [1.82, 2.24) is 4.98 Å². The fraction of sp³-hybridized carbons (Fsp3) is 0.143. The highest BCUT2D eigenvalue weighted by atomic mass is 19.1. The Morgan fingerprint density at radius 1 is 1.20 bits per heavy atom. The number of hydrogen-bond acceptors (Lipinski definition) is 5. The number of nitrogen functional groups attached to an aromatic ring is 1. The number of pyridine rings is 1. The van der Waals surface area contributed by atoms with Crippen LogP contribution in [0.5, 0.6) is 0 Å². The maximum Gasteiger partial charge on any atom is 0.137 e. The lowest BCUT2D eigenvalue weighted by Crippen LogP contribution is -2.21. The molecule has 0 amide bonds. The number of hydrogen-bond donors (Lipinski definition) is 3. The minimum atomic E-state index is -0.268. The number of nitrogens with one attached hydrogen (secondary N) is 2. The van der Waals surface area contributed by atoms with Crippen molar-refractivity contribution in [2.75, 3.05) is 23.0 Å². The van der Waals surface area contributed by atoms with Gasteiger partial charge in [0.25, 0.3) is 0 Å². The highest BCUT2D eigenvalue weighted by Gasteiger charge is 2.16. The van der Waals surface area contributed by atoms with E-state index in [0.29, 0.717) is 5.82 Å². The molecule has 102 valence electrons. The van der Waals surface area contributed by atoms with Crippen molar-refractivity contribution in [3.8, 4) is 0 Å². The number of rotatable bonds is 2. The van der Waals surface area contributed by atoms with Gasteiger partial charge >= 0.3 is 0 Å². The summed E-state index contributed by atoms with van der Waals surface area (Å²) in [5.74, 6) is 0.954. The van der Waals surface area contributed by atoms with Gasteiger partial charge in [-0.2, -0.15) is 5.10 Å². The third-order valence-electron chi connectivity index (χ3n) is 3.05. The van der Waals surface area contributed by atoms with E-state index < -0.39 is 0 Å². The quantitative estimate of drug-likeness (QED) is 0.733. The van der Waals surface area contributed by atoms with E-state index in [2.05, 4.69) is 20.8 Å². The Hall–Kier alpha value is -2.63. The maximum absolute atomic E-state index is 12.8. The summed E-state index contributed by atoms with van der Waals surface area (Å²) in [6.45, 7) is 0.757. The van der Waals surface area contributed by atoms with Crippen LogP contribution in [0.2, 0.25) is 0 Å². The molecule has 2 aromatic rings. The third-order valence-corrected chi connectivity index (χ3v) is 3.05. The number of benzene rings is 1. The molecule has 0 fully saturated rings. The molecule has 5 nitrogen and oxygen atoms in total. The Kier molecular flexibility index (Phi) is 3.20. The van der Waals surface area contributed by atoms with Crippen LogP contribution in [0.1, 0.15) is 12.0 Å². The van der Waals surface area contributed by atoms with Crippen molar-refractivity contribution >= 4 is 23.0 Å². The Labute approximate surface area is 115 Å². The van der Waals surface area contributed by atoms with Gasteiger partial charge < -0.3 is 11.1 Å². The smallest absolute Gasteiger partial charge is 0.137 e. The first-order chi connectivity index (χ1) is 9.72. The standard InChI is InChI=1S/C14H14FN5/c15-9-1-3-10(4-2-9)19-20-12-7-8-17-14-11(12)5-6-13(16)18-14/h1-6,19H,7-8H2,(H3,16,17,18)/b20-12-. The number of hydrazone groups is 1. The summed E-state index contributed by atoms with van der Waals surface area (Å²) in [6, 6.07) is 9.71. The van der Waals surface area contributed by atoms with E-state index in [1.807, 2.05) is 6.07 Å². The summed E-state index contributed by atoms with van der Waals surface area (Å²) < 4.78 is 12.8. The van der Waals surface area contributed by atoms with Crippen LogP contribution in [-0.4, -0.2) is 17.2 Å². The summed E-state index contributed by atoms with van der Waals surface area (Å²) in [4.78, 5) is 4.24. The first kappa shape index (κ1) is 12.4. The predicted molar refractivity (Wildman–Crippen MR) is 78.3 cm³/mol. The molecule has 1 aromatic heterocycles. The topological polar surface area (TPSA) is 75.3 Å². The van der Waals surface area contributed by atoms with Gasteiger partial charge in [0.1, 0.15) is 17.5 Å². The van der Waals surface area contributed by atoms with Crippen molar-refractivity contribution in [3.63, 3.8) is 0 Å². The highest BCUT2D eigenvalue weighted by Crippen LogP contribution is 2.21. The molecule has 0 bridgehead atoms. The molecule has 0 atom stereocenters. The van der Waals surface area contributed by atoms with Crippen LogP contribution >= 0.6 is 0 Å². The van der Waals surface area contributed by atoms with Crippen LogP contribution in [0.25, 0.3) is 0 Å². The lowest BCUT2D eigenvalue weighted by atomic mass is 10.1. The molecule has 3 rings (SSSR count). The minimum absolute atomic E-state index is 0.268. The van der Waals surface area contributed by atoms with Crippen molar-refractivity contribution in [1.29, 1.82) is 0 Å². The zero-order valence-corrected chi connectivity index (χ0v) is 10.7. The molecule has 0 saturated heterocycles. The van der Waals surface area contributed by atoms with Crippen molar-refractivity contribution < 1.29 is 4.39 Å². The SMILES string of the molecule is Nc1ccc2c(n1)NCC/C2=N/Nc1ccc(F)cc1. The predicted octanol–water partition coefficient (Wildman–Crippen LogP) is 2.43. The molecular weight excluding hydrogens is 257 g/mol. The second kappa shape index (κ2) is 5.16. The monoisotopic (exact) mass is 271 g/mol. The van der Waals surface area contributed by atoms with Crippen LogP contribution in [0, 0.1) is 5.82 Å². The first-order valence-electron chi connectivity index (χ1n) is 6.31. The summed E-state index contributed by atoms with van der Waals surface area (Å²) in [5, 5.41) is 7.57. The summed E-state index contributed by atoms with van der Waals surface area (Å²) >= 11 is 0. The van der Waals surface area contributed by atoms with Gasteiger partial charge in [-0.3, -0.25) is 5.43 Å². The largest absolute Gasteiger partial charge is 0.384 e. The lowest BCUT2D eigenvalue weighted by molar-refractivity contribution is 0.628. The van der Waals surface area contributed by atoms with E-state index in [1.54, 1.807) is 18.2 Å². The summed E-state index contributed by atoms with van der Waals surface area (Å²) in [7, 11) is 0. The molecule has 4 N–H and O–H groups in total. The first-order valence-corrected chi connectivity index (χ1v) is 6.31. The molecule has 0 unspecified atom stereocenters. The number of nitrogens with zero attached hydrogens (tertiary/aromatic N) is 2. The minimum Gasteiger partial charge on any atom is -0.384 e. The molecular formula is C14H14FN5. The fourth-order valence-electron chi connectivity index (χ4n) is 2.05. The molecule has 0 radical (unpaired) electrons. The highest BCUT2D eigenvalue weighted by molar-refractivity contribution is 6.06. The van der Waals surface area contributed by atoms with E-state index in [1.165, 1.54) is 12.1 Å². The Bertz CT molecular complexity index is 651. The van der Waals surface area contributed by atoms with Gasteiger partial charge in [0, 0.05) is 18.5 Å². The van der Waals surface area contributed by atoms with E-state index >= 15 is 0 Å². The lowest BCUT2D eigenvalue weighted by Gasteiger charge is -2.19. The van der Waals surface area contributed by atoms with Gasteiger partial charge in [0.05, 0.1) is 11.4 Å². The second-order valence-electron chi connectivity index (χ2n) is 4.49. The van der Waals surface area contributed by atoms with E-state index in [4.69, 9.17) is 5.73 Å². The van der Waals surface area contributed by atoms with Gasteiger partial charge in [0.2, 0.25) is 0 Å². The van der Waals surface area contributed by atoms with Gasteiger partial charge in [-0.1, -0.05) is 0 Å². The molecule has 1 aliphatic rings. The van der Waals surface area contributed by atoms with E-state index in [-0.39, 0.29) is 5.82 Å². The van der Waals surface area contributed by atoms with Crippen LogP contribution in [0.15, 0.2) is 41.5 Å². The van der Waals surface area contributed by atoms with Gasteiger partial charge in [-0.15, -0.1) is 0 Å². The Morgan fingerprint density at radius 3 is 2.80 bits per heavy atom. The molecule has 2 heterocycles. The molecule has 20 heavy (non-hydrogen) atoms. The fourth-order valence-corrected chi connectivity index (χ4v) is 2.05. The van der Waals surface area contributed by atoms with Crippen LogP contribution in [0.3, 0.4) is 0 Å². The molecule has 6 heteroatoms. The molecule has 0 aliphatic carbocycles. The van der Waals surface area contributed by atoms with Crippen LogP contribution < -0.4 is 16.5 Å². The Balaban J connectivity index is 1.84. The van der Waals surface area contributed by atoms with Crippen molar-refractivity contribution in [2.45, 2.75) is 6.42 Å². The maximum atomic E-state index is 12.8. The average Bonchev–Trinajstić information content (AvgIpc) is 2.46. The summed E-state index contributed by atoms with van der Waals surface area (Å²) in [6.07, 6.45) is 0.785. The Morgan fingerprint density at radius 2 is 2.00 bits per heavy atom. The van der Waals surface area contributed by atoms with Crippen molar-refractivity contribution in [2.24, 2.45) is 5.10 Å². The average molecular weight is 271 g/mol. The molecule has 1 aliphatic heterocycles. The number of aromatic nitrogens is 1. The van der Waals surface area contributed by atoms with E-state index in [0.717, 1.165) is 35.7 Å². The number of nitrogens with two attached hydrogens (primary N) is 1. The summed E-state index contributed by atoms with van der Waals surface area (Å²) in [5.41, 5.74) is 11.2. The number of halogens is 1.